The van der Waals surface area contributed by atoms with E-state index in [-0.39, 0.29) is 5.91 Å². The highest BCUT2D eigenvalue weighted by atomic mass is 16.3. The van der Waals surface area contributed by atoms with Gasteiger partial charge in [0.25, 0.3) is 0 Å². The third-order valence-corrected chi connectivity index (χ3v) is 4.36. The summed E-state index contributed by atoms with van der Waals surface area (Å²) in [4.78, 5) is 25.3. The van der Waals surface area contributed by atoms with Gasteiger partial charge in [0, 0.05) is 32.8 Å². The molecular weight excluding hydrogens is 304 g/mol. The van der Waals surface area contributed by atoms with Crippen molar-refractivity contribution >= 4 is 5.91 Å². The second-order valence-electron chi connectivity index (χ2n) is 6.33. The molecule has 6 nitrogen and oxygen atoms in total. The Balaban J connectivity index is 1.58. The number of hydrogen-bond donors (Lipinski definition) is 0. The number of carbonyl (C=O) groups is 1. The standard InChI is InChI=1S/C18H24N4O2/c1-4-17-19-9-14-7-8-22(11-16(14)20-17)12-18(23)21(3)10-15-6-5-13(2)24-15/h5-6,9H,4,7-8,10-12H2,1-3H3. The maximum Gasteiger partial charge on any atom is 0.236 e. The van der Waals surface area contributed by atoms with Crippen LogP contribution in [-0.4, -0.2) is 45.8 Å². The van der Waals surface area contributed by atoms with Crippen molar-refractivity contribution in [2.75, 3.05) is 20.1 Å². The minimum atomic E-state index is 0.0947. The lowest BCUT2D eigenvalue weighted by Gasteiger charge is -2.29. The number of nitrogens with zero attached hydrogens (tertiary/aromatic N) is 4. The van der Waals surface area contributed by atoms with Crippen LogP contribution < -0.4 is 0 Å². The van der Waals surface area contributed by atoms with E-state index < -0.39 is 0 Å². The number of fused-ring (bicyclic) bond motifs is 1. The number of carbonyl (C=O) groups excluding carboxylic acids is 1. The predicted molar refractivity (Wildman–Crippen MR) is 90.3 cm³/mol. The zero-order chi connectivity index (χ0) is 17.1. The summed E-state index contributed by atoms with van der Waals surface area (Å²) < 4.78 is 5.54. The van der Waals surface area contributed by atoms with E-state index in [9.17, 15) is 4.79 Å². The van der Waals surface area contributed by atoms with Crippen molar-refractivity contribution in [1.29, 1.82) is 0 Å². The monoisotopic (exact) mass is 328 g/mol. The summed E-state index contributed by atoms with van der Waals surface area (Å²) in [6, 6.07) is 3.83. The maximum absolute atomic E-state index is 12.5. The molecule has 24 heavy (non-hydrogen) atoms. The van der Waals surface area contributed by atoms with Crippen LogP contribution in [0.1, 0.15) is 35.5 Å². The third-order valence-electron chi connectivity index (χ3n) is 4.36. The molecule has 0 saturated heterocycles. The average Bonchev–Trinajstić information content (AvgIpc) is 2.98. The van der Waals surface area contributed by atoms with E-state index in [1.54, 1.807) is 4.90 Å². The van der Waals surface area contributed by atoms with Crippen molar-refractivity contribution in [2.45, 2.75) is 39.8 Å². The molecule has 1 amide bonds. The van der Waals surface area contributed by atoms with Crippen molar-refractivity contribution < 1.29 is 9.21 Å². The van der Waals surface area contributed by atoms with Gasteiger partial charge >= 0.3 is 0 Å². The van der Waals surface area contributed by atoms with Crippen LogP contribution in [0.25, 0.3) is 0 Å². The van der Waals surface area contributed by atoms with Crippen LogP contribution in [-0.2, 0) is 30.7 Å². The maximum atomic E-state index is 12.5. The van der Waals surface area contributed by atoms with Crippen LogP contribution in [0.5, 0.6) is 0 Å². The van der Waals surface area contributed by atoms with Crippen LogP contribution >= 0.6 is 0 Å². The molecule has 0 bridgehead atoms. The SMILES string of the molecule is CCc1ncc2c(n1)CN(CC(=O)N(C)Cc1ccc(C)o1)CC2. The van der Waals surface area contributed by atoms with Crippen molar-refractivity contribution in [3.05, 3.63) is 46.9 Å². The second-order valence-corrected chi connectivity index (χ2v) is 6.33. The molecule has 2 aromatic heterocycles. The van der Waals surface area contributed by atoms with Crippen molar-refractivity contribution in [2.24, 2.45) is 0 Å². The number of hydrogen-bond acceptors (Lipinski definition) is 5. The summed E-state index contributed by atoms with van der Waals surface area (Å²) in [6.07, 6.45) is 3.66. The molecule has 0 N–H and O–H groups in total. The summed E-state index contributed by atoms with van der Waals surface area (Å²) in [6.45, 7) is 6.44. The molecule has 128 valence electrons. The summed E-state index contributed by atoms with van der Waals surface area (Å²) in [7, 11) is 1.81. The van der Waals surface area contributed by atoms with E-state index in [2.05, 4.69) is 21.8 Å². The molecule has 6 heteroatoms. The first-order chi connectivity index (χ1) is 11.5. The fourth-order valence-corrected chi connectivity index (χ4v) is 2.91. The number of amides is 1. The number of likely N-dealkylation sites (N-methyl/N-ethyl adjacent to an activating group) is 1. The number of rotatable bonds is 5. The molecule has 0 unspecified atom stereocenters. The fourth-order valence-electron chi connectivity index (χ4n) is 2.91. The molecule has 0 spiro atoms. The molecule has 0 saturated carbocycles. The Kier molecular flexibility index (Phi) is 4.94. The molecule has 1 aliphatic rings. The van der Waals surface area contributed by atoms with Gasteiger partial charge in [0.2, 0.25) is 5.91 Å². The van der Waals surface area contributed by atoms with Gasteiger partial charge in [-0.25, -0.2) is 9.97 Å². The van der Waals surface area contributed by atoms with Gasteiger partial charge in [-0.15, -0.1) is 0 Å². The van der Waals surface area contributed by atoms with Gasteiger partial charge in [-0.05, 0) is 31.0 Å². The summed E-state index contributed by atoms with van der Waals surface area (Å²) in [5.41, 5.74) is 2.26. The normalized spacial score (nSPS) is 14.5. The summed E-state index contributed by atoms with van der Waals surface area (Å²) in [5, 5.41) is 0. The van der Waals surface area contributed by atoms with E-state index in [1.165, 1.54) is 5.56 Å². The fraction of sp³-hybridized carbons (Fsp3) is 0.500. The lowest BCUT2D eigenvalue weighted by molar-refractivity contribution is -0.132. The number of aromatic nitrogens is 2. The Bertz CT molecular complexity index is 726. The summed E-state index contributed by atoms with van der Waals surface area (Å²) >= 11 is 0. The number of aryl methyl sites for hydroxylation is 2. The molecular formula is C18H24N4O2. The van der Waals surface area contributed by atoms with Crippen LogP contribution in [0.2, 0.25) is 0 Å². The smallest absolute Gasteiger partial charge is 0.236 e. The Labute approximate surface area is 142 Å². The second kappa shape index (κ2) is 7.13. The van der Waals surface area contributed by atoms with Crippen molar-refractivity contribution in [1.82, 2.24) is 19.8 Å². The predicted octanol–water partition coefficient (Wildman–Crippen LogP) is 1.96. The van der Waals surface area contributed by atoms with E-state index in [0.29, 0.717) is 19.6 Å². The van der Waals surface area contributed by atoms with Gasteiger partial charge in [0.05, 0.1) is 18.8 Å². The van der Waals surface area contributed by atoms with Crippen molar-refractivity contribution in [3.8, 4) is 0 Å². The molecule has 2 aromatic rings. The van der Waals surface area contributed by atoms with Gasteiger partial charge in [0.15, 0.2) is 0 Å². The minimum Gasteiger partial charge on any atom is -0.464 e. The van der Waals surface area contributed by atoms with E-state index in [4.69, 9.17) is 4.42 Å². The molecule has 0 fully saturated rings. The third kappa shape index (κ3) is 3.82. The Morgan fingerprint density at radius 1 is 1.42 bits per heavy atom. The number of furan rings is 1. The molecule has 3 rings (SSSR count). The molecule has 0 radical (unpaired) electrons. The topological polar surface area (TPSA) is 62.5 Å². The largest absolute Gasteiger partial charge is 0.464 e. The van der Waals surface area contributed by atoms with E-state index in [1.807, 2.05) is 32.3 Å². The van der Waals surface area contributed by atoms with E-state index in [0.717, 1.165) is 42.4 Å². The van der Waals surface area contributed by atoms with Gasteiger partial charge in [0.1, 0.15) is 17.3 Å². The highest BCUT2D eigenvalue weighted by Crippen LogP contribution is 2.17. The minimum absolute atomic E-state index is 0.0947. The van der Waals surface area contributed by atoms with Gasteiger partial charge < -0.3 is 9.32 Å². The lowest BCUT2D eigenvalue weighted by Crippen LogP contribution is -2.40. The van der Waals surface area contributed by atoms with Gasteiger partial charge in [-0.1, -0.05) is 6.92 Å². The van der Waals surface area contributed by atoms with Crippen LogP contribution in [0, 0.1) is 6.92 Å². The zero-order valence-corrected chi connectivity index (χ0v) is 14.6. The van der Waals surface area contributed by atoms with Gasteiger partial charge in [-0.3, -0.25) is 9.69 Å². The highest BCUT2D eigenvalue weighted by Gasteiger charge is 2.22. The van der Waals surface area contributed by atoms with Crippen LogP contribution in [0.3, 0.4) is 0 Å². The first-order valence-electron chi connectivity index (χ1n) is 8.40. The quantitative estimate of drug-likeness (QED) is 0.839. The zero-order valence-electron chi connectivity index (χ0n) is 14.6. The average molecular weight is 328 g/mol. The molecule has 3 heterocycles. The van der Waals surface area contributed by atoms with Gasteiger partial charge in [-0.2, -0.15) is 0 Å². The molecule has 1 aliphatic heterocycles. The molecule has 0 atom stereocenters. The van der Waals surface area contributed by atoms with Crippen LogP contribution in [0.15, 0.2) is 22.7 Å². The Morgan fingerprint density at radius 2 is 2.25 bits per heavy atom. The Morgan fingerprint density at radius 3 is 2.96 bits per heavy atom. The molecule has 0 aromatic carbocycles. The Hall–Kier alpha value is -2.21. The highest BCUT2D eigenvalue weighted by molar-refractivity contribution is 5.78. The molecule has 0 aliphatic carbocycles. The summed E-state index contributed by atoms with van der Waals surface area (Å²) in [5.74, 6) is 2.64. The lowest BCUT2D eigenvalue weighted by atomic mass is 10.1. The van der Waals surface area contributed by atoms with E-state index >= 15 is 0 Å². The van der Waals surface area contributed by atoms with Crippen molar-refractivity contribution in [3.63, 3.8) is 0 Å². The van der Waals surface area contributed by atoms with Crippen LogP contribution in [0.4, 0.5) is 0 Å². The first-order valence-corrected chi connectivity index (χ1v) is 8.40. The first kappa shape index (κ1) is 16.6.